The van der Waals surface area contributed by atoms with Crippen molar-refractivity contribution in [2.75, 3.05) is 11.4 Å². The molecule has 2 rings (SSSR count). The molecule has 1 heterocycles. The first-order chi connectivity index (χ1) is 10.4. The van der Waals surface area contributed by atoms with Gasteiger partial charge in [0.2, 0.25) is 0 Å². The zero-order valence-corrected chi connectivity index (χ0v) is 15.4. The molecule has 118 valence electrons. The minimum Gasteiger partial charge on any atom is -0.304 e. The van der Waals surface area contributed by atoms with E-state index in [4.69, 9.17) is 0 Å². The van der Waals surface area contributed by atoms with Gasteiger partial charge < -0.3 is 4.90 Å². The van der Waals surface area contributed by atoms with Gasteiger partial charge in [-0.3, -0.25) is 4.79 Å². The minimum atomic E-state index is -0.0205. The van der Waals surface area contributed by atoms with Crippen molar-refractivity contribution in [1.29, 1.82) is 0 Å². The molecule has 1 aromatic rings. The largest absolute Gasteiger partial charge is 0.304 e. The number of anilines is 1. The fourth-order valence-corrected chi connectivity index (χ4v) is 2.44. The molecule has 0 N–H and O–H groups in total. The van der Waals surface area contributed by atoms with Crippen LogP contribution in [0.5, 0.6) is 0 Å². The Bertz CT molecular complexity index is 596. The van der Waals surface area contributed by atoms with Gasteiger partial charge >= 0.3 is 0 Å². The topological polar surface area (TPSA) is 20.3 Å². The zero-order chi connectivity index (χ0) is 16.9. The number of allylic oxidation sites excluding steroid dienone is 2. The van der Waals surface area contributed by atoms with Gasteiger partial charge in [-0.05, 0) is 35.3 Å². The van der Waals surface area contributed by atoms with E-state index in [0.717, 1.165) is 11.3 Å². The Kier molecular flexibility index (Phi) is 6.82. The second-order valence-corrected chi connectivity index (χ2v) is 6.26. The lowest BCUT2D eigenvalue weighted by atomic mass is 10.0. The lowest BCUT2D eigenvalue weighted by Gasteiger charge is -2.16. The average Bonchev–Trinajstić information content (AvgIpc) is 2.77. The molecule has 0 unspecified atom stereocenters. The van der Waals surface area contributed by atoms with Crippen LogP contribution < -0.4 is 4.90 Å². The molecule has 0 spiro atoms. The van der Waals surface area contributed by atoms with Crippen LogP contribution in [0.15, 0.2) is 59.1 Å². The summed E-state index contributed by atoms with van der Waals surface area (Å²) in [5.41, 5.74) is 3.62. The second kappa shape index (κ2) is 8.14. The maximum Gasteiger partial charge on any atom is 0.258 e. The number of hydrogen-bond acceptors (Lipinski definition) is 1. The third kappa shape index (κ3) is 4.20. The van der Waals surface area contributed by atoms with E-state index in [1.54, 1.807) is 11.0 Å². The summed E-state index contributed by atoms with van der Waals surface area (Å²) >= 11 is 3.26. The monoisotopic (exact) mass is 361 g/mol. The Morgan fingerprint density at radius 2 is 1.82 bits per heavy atom. The fraction of sp³-hybridized carbons (Fsp3) is 0.316. The molecule has 0 atom stereocenters. The lowest BCUT2D eigenvalue weighted by molar-refractivity contribution is -0.114. The summed E-state index contributed by atoms with van der Waals surface area (Å²) in [7, 11) is 0. The summed E-state index contributed by atoms with van der Waals surface area (Å²) < 4.78 is 0.680. The summed E-state index contributed by atoms with van der Waals surface area (Å²) in [6, 6.07) is 8.13. The van der Waals surface area contributed by atoms with Crippen LogP contribution in [0, 0.1) is 0 Å². The molecule has 1 amide bonds. The molecule has 0 saturated carbocycles. The molecule has 1 aliphatic rings. The van der Waals surface area contributed by atoms with Gasteiger partial charge in [-0.1, -0.05) is 68.9 Å². The van der Waals surface area contributed by atoms with E-state index in [1.165, 1.54) is 5.56 Å². The van der Waals surface area contributed by atoms with Crippen molar-refractivity contribution < 1.29 is 4.79 Å². The van der Waals surface area contributed by atoms with Crippen LogP contribution in [-0.4, -0.2) is 12.5 Å². The standard InChI is InChI=1S/C17H18BrNO.C2H6/c1-11(2)14-5-7-15(8-6-14)19-10-12(3)16(17(19)20)9-13(4)18;1-2/h5-9,11H,3-4,10H2,1-2H3;1-2H3/b16-9+;. The van der Waals surface area contributed by atoms with E-state index in [9.17, 15) is 4.79 Å². The smallest absolute Gasteiger partial charge is 0.258 e. The highest BCUT2D eigenvalue weighted by Crippen LogP contribution is 2.30. The van der Waals surface area contributed by atoms with Gasteiger partial charge in [0.1, 0.15) is 0 Å². The number of benzene rings is 1. The molecule has 0 bridgehead atoms. The normalized spacial score (nSPS) is 16.1. The van der Waals surface area contributed by atoms with Gasteiger partial charge in [0, 0.05) is 15.7 Å². The number of amides is 1. The number of nitrogens with zero attached hydrogens (tertiary/aromatic N) is 1. The highest BCUT2D eigenvalue weighted by molar-refractivity contribution is 9.11. The van der Waals surface area contributed by atoms with Gasteiger partial charge in [-0.25, -0.2) is 0 Å². The Hall–Kier alpha value is -1.61. The quantitative estimate of drug-likeness (QED) is 0.644. The van der Waals surface area contributed by atoms with Gasteiger partial charge in [0.25, 0.3) is 5.91 Å². The molecule has 0 aliphatic carbocycles. The molecule has 0 radical (unpaired) electrons. The Morgan fingerprint density at radius 1 is 1.27 bits per heavy atom. The van der Waals surface area contributed by atoms with Crippen molar-refractivity contribution in [3.63, 3.8) is 0 Å². The van der Waals surface area contributed by atoms with Crippen molar-refractivity contribution >= 4 is 27.5 Å². The number of carbonyl (C=O) groups excluding carboxylic acids is 1. The first-order valence-electron chi connectivity index (χ1n) is 7.56. The number of rotatable bonds is 3. The summed E-state index contributed by atoms with van der Waals surface area (Å²) in [5, 5.41) is 0. The van der Waals surface area contributed by atoms with E-state index in [0.29, 0.717) is 22.5 Å². The molecule has 1 fully saturated rings. The summed E-state index contributed by atoms with van der Waals surface area (Å²) in [6.07, 6.45) is 1.73. The van der Waals surface area contributed by atoms with E-state index in [1.807, 2.05) is 26.0 Å². The predicted octanol–water partition coefficient (Wildman–Crippen LogP) is 5.57. The van der Waals surface area contributed by atoms with E-state index >= 15 is 0 Å². The summed E-state index contributed by atoms with van der Waals surface area (Å²) in [4.78, 5) is 14.1. The molecule has 1 aromatic carbocycles. The molecule has 2 nitrogen and oxygen atoms in total. The highest BCUT2D eigenvalue weighted by Gasteiger charge is 2.30. The van der Waals surface area contributed by atoms with Crippen LogP contribution in [0.25, 0.3) is 0 Å². The molecule has 1 saturated heterocycles. The van der Waals surface area contributed by atoms with Crippen LogP contribution in [0.4, 0.5) is 5.69 Å². The lowest BCUT2D eigenvalue weighted by Crippen LogP contribution is -2.24. The fourth-order valence-electron chi connectivity index (χ4n) is 2.21. The molecule has 0 aromatic heterocycles. The molecule has 3 heteroatoms. The number of halogens is 1. The average molecular weight is 362 g/mol. The molecular weight excluding hydrogens is 338 g/mol. The van der Waals surface area contributed by atoms with Crippen LogP contribution in [0.1, 0.15) is 39.2 Å². The highest BCUT2D eigenvalue weighted by atomic mass is 79.9. The van der Waals surface area contributed by atoms with Gasteiger partial charge in [-0.15, -0.1) is 0 Å². The molecular formula is C19H24BrNO. The first-order valence-corrected chi connectivity index (χ1v) is 8.35. The maximum atomic E-state index is 12.4. The van der Waals surface area contributed by atoms with Crippen LogP contribution in [0.3, 0.4) is 0 Å². The van der Waals surface area contributed by atoms with E-state index in [-0.39, 0.29) is 5.91 Å². The van der Waals surface area contributed by atoms with Crippen LogP contribution in [-0.2, 0) is 4.79 Å². The van der Waals surface area contributed by atoms with Crippen molar-refractivity contribution in [2.24, 2.45) is 0 Å². The van der Waals surface area contributed by atoms with Crippen molar-refractivity contribution in [3.8, 4) is 0 Å². The van der Waals surface area contributed by atoms with Crippen LogP contribution in [0.2, 0.25) is 0 Å². The molecule has 22 heavy (non-hydrogen) atoms. The van der Waals surface area contributed by atoms with Gasteiger partial charge in [-0.2, -0.15) is 0 Å². The zero-order valence-electron chi connectivity index (χ0n) is 13.8. The van der Waals surface area contributed by atoms with Crippen molar-refractivity contribution in [3.05, 3.63) is 64.7 Å². The summed E-state index contributed by atoms with van der Waals surface area (Å²) in [6.45, 7) is 16.6. The van der Waals surface area contributed by atoms with Crippen molar-refractivity contribution in [1.82, 2.24) is 0 Å². The first kappa shape index (κ1) is 18.4. The number of hydrogen-bond donors (Lipinski definition) is 0. The Balaban J connectivity index is 0.00000116. The third-order valence-electron chi connectivity index (χ3n) is 3.38. The predicted molar refractivity (Wildman–Crippen MR) is 99.5 cm³/mol. The third-order valence-corrected chi connectivity index (χ3v) is 3.61. The van der Waals surface area contributed by atoms with Crippen LogP contribution >= 0.6 is 15.9 Å². The minimum absolute atomic E-state index is 0.0205. The van der Waals surface area contributed by atoms with Crippen molar-refractivity contribution in [2.45, 2.75) is 33.6 Å². The van der Waals surface area contributed by atoms with E-state index in [2.05, 4.69) is 55.1 Å². The van der Waals surface area contributed by atoms with Gasteiger partial charge in [0.15, 0.2) is 0 Å². The van der Waals surface area contributed by atoms with E-state index < -0.39 is 0 Å². The SMILES string of the molecule is C=C(Br)/C=C1\C(=C)CN(c2ccc(C(C)C)cc2)C1=O.CC. The maximum absolute atomic E-state index is 12.4. The Labute approximate surface area is 142 Å². The summed E-state index contributed by atoms with van der Waals surface area (Å²) in [5.74, 6) is 0.466. The molecule has 1 aliphatic heterocycles. The number of carbonyl (C=O) groups is 1. The van der Waals surface area contributed by atoms with Gasteiger partial charge in [0.05, 0.1) is 6.54 Å². The Morgan fingerprint density at radius 3 is 2.27 bits per heavy atom. The second-order valence-electron chi connectivity index (χ2n) is 5.25.